The first kappa shape index (κ1) is 20.0. The topological polar surface area (TPSA) is 98.7 Å². The van der Waals surface area contributed by atoms with Gasteiger partial charge in [-0.25, -0.2) is 8.42 Å². The van der Waals surface area contributed by atoms with E-state index in [0.717, 1.165) is 0 Å². The Morgan fingerprint density at radius 2 is 1.69 bits per heavy atom. The van der Waals surface area contributed by atoms with Crippen molar-refractivity contribution in [3.05, 3.63) is 66.2 Å². The van der Waals surface area contributed by atoms with Crippen LogP contribution in [-0.4, -0.2) is 38.3 Å². The number of amidine groups is 1. The van der Waals surface area contributed by atoms with Gasteiger partial charge in [-0.15, -0.1) is 0 Å². The third kappa shape index (κ3) is 5.60. The lowest BCUT2D eigenvalue weighted by atomic mass is 10.2. The van der Waals surface area contributed by atoms with Crippen LogP contribution in [0.25, 0.3) is 0 Å². The fraction of sp³-hybridized carbons (Fsp3) is 0.222. The van der Waals surface area contributed by atoms with Gasteiger partial charge in [-0.05, 0) is 30.6 Å². The van der Waals surface area contributed by atoms with Gasteiger partial charge >= 0.3 is 0 Å². The summed E-state index contributed by atoms with van der Waals surface area (Å²) in [5.74, 6) is -0.800. The maximum Gasteiger partial charge on any atom is 0.263 e. The fourth-order valence-corrected chi connectivity index (χ4v) is 3.68. The van der Waals surface area contributed by atoms with Crippen molar-refractivity contribution in [2.75, 3.05) is 12.0 Å². The molecule has 2 aromatic rings. The Balaban J connectivity index is 2.42. The summed E-state index contributed by atoms with van der Waals surface area (Å²) in [6.07, 6.45) is 2.10. The van der Waals surface area contributed by atoms with E-state index in [-0.39, 0.29) is 17.2 Å². The summed E-state index contributed by atoms with van der Waals surface area (Å²) in [5, 5.41) is 11.4. The zero-order chi connectivity index (χ0) is 19.0. The Kier molecular flexibility index (Phi) is 7.23. The molecule has 0 amide bonds. The van der Waals surface area contributed by atoms with Gasteiger partial charge in [0.2, 0.25) is 0 Å². The molecular formula is C18H19N2O4S2-. The van der Waals surface area contributed by atoms with Crippen molar-refractivity contribution in [1.29, 1.82) is 0 Å². The zero-order valence-electron chi connectivity index (χ0n) is 14.2. The van der Waals surface area contributed by atoms with Crippen LogP contribution in [0.3, 0.4) is 0 Å². The molecule has 0 aliphatic rings. The van der Waals surface area contributed by atoms with Gasteiger partial charge in [-0.2, -0.15) is 11.8 Å². The molecule has 26 heavy (non-hydrogen) atoms. The molecule has 6 nitrogen and oxygen atoms in total. The second kappa shape index (κ2) is 9.40. The molecular weight excluding hydrogens is 372 g/mol. The van der Waals surface area contributed by atoms with Gasteiger partial charge in [0.15, 0.2) is 0 Å². The van der Waals surface area contributed by atoms with Crippen LogP contribution in [0.4, 0.5) is 0 Å². The lowest BCUT2D eigenvalue weighted by Crippen LogP contribution is -2.38. The average Bonchev–Trinajstić information content (AvgIpc) is 2.65. The van der Waals surface area contributed by atoms with Crippen molar-refractivity contribution in [2.24, 2.45) is 4.99 Å². The molecule has 0 aliphatic heterocycles. The molecule has 2 aromatic carbocycles. The summed E-state index contributed by atoms with van der Waals surface area (Å²) in [6, 6.07) is 15.2. The second-order valence-corrected chi connectivity index (χ2v) is 8.05. The highest BCUT2D eigenvalue weighted by Crippen LogP contribution is 2.12. The van der Waals surface area contributed by atoms with Crippen LogP contribution in [0, 0.1) is 0 Å². The third-order valence-electron chi connectivity index (χ3n) is 3.48. The van der Waals surface area contributed by atoms with E-state index in [0.29, 0.717) is 11.3 Å². The van der Waals surface area contributed by atoms with E-state index in [1.807, 2.05) is 6.26 Å². The molecule has 0 saturated carbocycles. The molecule has 0 unspecified atom stereocenters. The second-order valence-electron chi connectivity index (χ2n) is 5.38. The summed E-state index contributed by atoms with van der Waals surface area (Å²) < 4.78 is 27.7. The van der Waals surface area contributed by atoms with Crippen molar-refractivity contribution in [3.63, 3.8) is 0 Å². The zero-order valence-corrected chi connectivity index (χ0v) is 15.8. The van der Waals surface area contributed by atoms with E-state index in [9.17, 15) is 18.3 Å². The van der Waals surface area contributed by atoms with Crippen molar-refractivity contribution < 1.29 is 18.3 Å². The van der Waals surface area contributed by atoms with Crippen LogP contribution in [0.5, 0.6) is 0 Å². The largest absolute Gasteiger partial charge is 0.548 e. The minimum atomic E-state index is -3.90. The number of nitrogens with zero attached hydrogens (tertiary/aromatic N) is 1. The van der Waals surface area contributed by atoms with Gasteiger partial charge in [0.1, 0.15) is 5.84 Å². The predicted molar refractivity (Wildman–Crippen MR) is 102 cm³/mol. The molecule has 138 valence electrons. The Labute approximate surface area is 157 Å². The van der Waals surface area contributed by atoms with Crippen molar-refractivity contribution in [2.45, 2.75) is 17.4 Å². The number of aliphatic imine (C=N–C) groups is 1. The molecule has 0 aromatic heterocycles. The number of carboxylic acid groups (broad SMARTS) is 1. The van der Waals surface area contributed by atoms with Crippen LogP contribution < -0.4 is 9.83 Å². The quantitative estimate of drug-likeness (QED) is 0.540. The molecule has 0 spiro atoms. The smallest absolute Gasteiger partial charge is 0.263 e. The molecule has 1 atom stereocenters. The number of carbonyl (C=O) groups excluding carboxylic acids is 1. The van der Waals surface area contributed by atoms with E-state index in [1.54, 1.807) is 48.5 Å². The van der Waals surface area contributed by atoms with Crippen molar-refractivity contribution in [3.8, 4) is 0 Å². The molecule has 1 N–H and O–H groups in total. The van der Waals surface area contributed by atoms with Gasteiger partial charge in [0, 0.05) is 5.56 Å². The van der Waals surface area contributed by atoms with Crippen LogP contribution in [0.15, 0.2) is 70.6 Å². The Morgan fingerprint density at radius 3 is 2.23 bits per heavy atom. The first-order valence-electron chi connectivity index (χ1n) is 7.85. The normalized spacial score (nSPS) is 13.2. The van der Waals surface area contributed by atoms with Crippen LogP contribution in [0.1, 0.15) is 12.0 Å². The SMILES string of the molecule is CSCC[C@@H](N=C(NS(=O)(=O)c1ccccc1)c1ccccc1)C(=O)[O-]. The summed E-state index contributed by atoms with van der Waals surface area (Å²) in [4.78, 5) is 15.6. The van der Waals surface area contributed by atoms with Gasteiger partial charge < -0.3 is 9.90 Å². The third-order valence-corrected chi connectivity index (χ3v) is 5.48. The maximum absolute atomic E-state index is 12.6. The number of hydrogen-bond donors (Lipinski definition) is 1. The maximum atomic E-state index is 12.6. The molecule has 2 rings (SSSR count). The lowest BCUT2D eigenvalue weighted by Gasteiger charge is -2.17. The summed E-state index contributed by atoms with van der Waals surface area (Å²) in [7, 11) is -3.90. The number of carboxylic acids is 1. The van der Waals surface area contributed by atoms with Crippen LogP contribution >= 0.6 is 11.8 Å². The number of nitrogens with one attached hydrogen (secondary N) is 1. The number of sulfonamides is 1. The van der Waals surface area contributed by atoms with E-state index in [2.05, 4.69) is 9.71 Å². The number of rotatable bonds is 8. The first-order chi connectivity index (χ1) is 12.4. The molecule has 0 bridgehead atoms. The lowest BCUT2D eigenvalue weighted by molar-refractivity contribution is -0.307. The molecule has 0 fully saturated rings. The summed E-state index contributed by atoms with van der Waals surface area (Å²) >= 11 is 1.48. The van der Waals surface area contributed by atoms with E-state index < -0.39 is 22.0 Å². The molecule has 0 radical (unpaired) electrons. The molecule has 0 aliphatic carbocycles. The van der Waals surface area contributed by atoms with Crippen LogP contribution in [0.2, 0.25) is 0 Å². The number of thioether (sulfide) groups is 1. The van der Waals surface area contributed by atoms with E-state index in [1.165, 1.54) is 23.9 Å². The number of benzene rings is 2. The first-order valence-corrected chi connectivity index (χ1v) is 10.7. The Bertz CT molecular complexity index is 853. The van der Waals surface area contributed by atoms with Crippen molar-refractivity contribution >= 4 is 33.6 Å². The highest BCUT2D eigenvalue weighted by Gasteiger charge is 2.19. The van der Waals surface area contributed by atoms with E-state index in [4.69, 9.17) is 0 Å². The van der Waals surface area contributed by atoms with Gasteiger partial charge in [0.05, 0.1) is 16.9 Å². The summed E-state index contributed by atoms with van der Waals surface area (Å²) in [6.45, 7) is 0. The highest BCUT2D eigenvalue weighted by atomic mass is 32.2. The number of aliphatic carboxylic acids is 1. The molecule has 8 heteroatoms. The predicted octanol–water partition coefficient (Wildman–Crippen LogP) is 1.28. The standard InChI is InChI=1S/C18H20N2O4S2/c1-25-13-12-16(18(21)22)19-17(14-8-4-2-5-9-14)20-26(23,24)15-10-6-3-7-11-15/h2-11,16H,12-13H2,1H3,(H,19,20)(H,21,22)/p-1/t16-/m1/s1. The Morgan fingerprint density at radius 1 is 1.12 bits per heavy atom. The summed E-state index contributed by atoms with van der Waals surface area (Å²) in [5.41, 5.74) is 0.474. The van der Waals surface area contributed by atoms with Crippen molar-refractivity contribution in [1.82, 2.24) is 4.72 Å². The molecule has 0 saturated heterocycles. The fourth-order valence-electron chi connectivity index (χ4n) is 2.16. The molecule has 0 heterocycles. The Hall–Kier alpha value is -2.32. The minimum Gasteiger partial charge on any atom is -0.548 e. The van der Waals surface area contributed by atoms with E-state index >= 15 is 0 Å². The monoisotopic (exact) mass is 391 g/mol. The minimum absolute atomic E-state index is 0.0234. The number of hydrogen-bond acceptors (Lipinski definition) is 6. The average molecular weight is 391 g/mol. The highest BCUT2D eigenvalue weighted by molar-refractivity contribution is 7.98. The number of carbonyl (C=O) groups is 1. The van der Waals surface area contributed by atoms with Gasteiger partial charge in [-0.3, -0.25) is 9.71 Å². The van der Waals surface area contributed by atoms with Gasteiger partial charge in [-0.1, -0.05) is 48.5 Å². The van der Waals surface area contributed by atoms with Crippen LogP contribution in [-0.2, 0) is 14.8 Å². The van der Waals surface area contributed by atoms with Gasteiger partial charge in [0.25, 0.3) is 10.0 Å².